The first kappa shape index (κ1) is 24.1. The third kappa shape index (κ3) is 5.03. The van der Waals surface area contributed by atoms with Crippen molar-refractivity contribution in [3.63, 3.8) is 0 Å². The van der Waals surface area contributed by atoms with Crippen molar-refractivity contribution in [3.05, 3.63) is 58.8 Å². The molecule has 1 aliphatic heterocycles. The number of amides is 1. The molecule has 1 saturated heterocycles. The fraction of sp³-hybridized carbons (Fsp3) is 0.304. The van der Waals surface area contributed by atoms with E-state index < -0.39 is 10.0 Å². The Hall–Kier alpha value is -3.08. The summed E-state index contributed by atoms with van der Waals surface area (Å²) in [7, 11) is -2.36. The Morgan fingerprint density at radius 2 is 2.03 bits per heavy atom. The number of benzene rings is 1. The van der Waals surface area contributed by atoms with Gasteiger partial charge in [0.15, 0.2) is 10.7 Å². The molecule has 4 rings (SSSR count). The van der Waals surface area contributed by atoms with Gasteiger partial charge in [-0.2, -0.15) is 4.31 Å². The summed E-state index contributed by atoms with van der Waals surface area (Å²) >= 11 is 6.04. The summed E-state index contributed by atoms with van der Waals surface area (Å²) in [6.45, 7) is 1.97. The van der Waals surface area contributed by atoms with Gasteiger partial charge in [-0.1, -0.05) is 16.8 Å². The summed E-state index contributed by atoms with van der Waals surface area (Å²) in [5.74, 6) is 0.621. The molecule has 3 heterocycles. The van der Waals surface area contributed by atoms with Gasteiger partial charge in [0, 0.05) is 24.0 Å². The molecule has 1 amide bonds. The largest absolute Gasteiger partial charge is 0.495 e. The van der Waals surface area contributed by atoms with Gasteiger partial charge >= 0.3 is 0 Å². The second-order valence-electron chi connectivity index (χ2n) is 7.82. The zero-order valence-electron chi connectivity index (χ0n) is 18.7. The lowest BCUT2D eigenvalue weighted by atomic mass is 9.97. The van der Waals surface area contributed by atoms with E-state index in [1.807, 2.05) is 0 Å². The molecule has 34 heavy (non-hydrogen) atoms. The third-order valence-corrected chi connectivity index (χ3v) is 7.91. The summed E-state index contributed by atoms with van der Waals surface area (Å²) < 4.78 is 43.9. The van der Waals surface area contributed by atoms with Crippen molar-refractivity contribution in [1.29, 1.82) is 0 Å². The maximum Gasteiger partial charge on any atom is 0.248 e. The average molecular weight is 506 g/mol. The van der Waals surface area contributed by atoms with Gasteiger partial charge in [-0.15, -0.1) is 0 Å². The molecule has 0 atom stereocenters. The van der Waals surface area contributed by atoms with Gasteiger partial charge < -0.3 is 19.0 Å². The Morgan fingerprint density at radius 1 is 1.26 bits per heavy atom. The Bertz CT molecular complexity index is 1290. The molecular formula is C23H24ClN3O6S. The SMILES string of the molecule is COc1ccc(Cl)cc1NC(=O)C1CCN(S(=O)(=O)c2c(C)noc2C=Cc2ccco2)CC1. The van der Waals surface area contributed by atoms with Crippen LogP contribution >= 0.6 is 11.6 Å². The molecule has 180 valence electrons. The van der Waals surface area contributed by atoms with E-state index in [9.17, 15) is 13.2 Å². The van der Waals surface area contributed by atoms with E-state index in [-0.39, 0.29) is 41.3 Å². The van der Waals surface area contributed by atoms with Crippen LogP contribution in [0.4, 0.5) is 5.69 Å². The van der Waals surface area contributed by atoms with Crippen LogP contribution in [0.15, 0.2) is 50.4 Å². The molecule has 0 aliphatic carbocycles. The van der Waals surface area contributed by atoms with E-state index in [0.717, 1.165) is 0 Å². The van der Waals surface area contributed by atoms with Crippen molar-refractivity contribution in [2.24, 2.45) is 5.92 Å². The van der Waals surface area contributed by atoms with Crippen molar-refractivity contribution < 1.29 is 26.9 Å². The molecule has 11 heteroatoms. The molecule has 2 aromatic heterocycles. The average Bonchev–Trinajstić information content (AvgIpc) is 3.47. The number of nitrogens with zero attached hydrogens (tertiary/aromatic N) is 2. The number of hydrogen-bond donors (Lipinski definition) is 1. The third-order valence-electron chi connectivity index (χ3n) is 5.62. The van der Waals surface area contributed by atoms with Crippen molar-refractivity contribution in [3.8, 4) is 5.75 Å². The van der Waals surface area contributed by atoms with Crippen LogP contribution in [-0.4, -0.2) is 44.0 Å². The summed E-state index contributed by atoms with van der Waals surface area (Å²) in [5, 5.41) is 7.15. The van der Waals surface area contributed by atoms with Gasteiger partial charge in [-0.3, -0.25) is 4.79 Å². The highest BCUT2D eigenvalue weighted by molar-refractivity contribution is 7.89. The molecule has 1 aromatic carbocycles. The molecule has 1 aliphatic rings. The number of anilines is 1. The first-order valence-electron chi connectivity index (χ1n) is 10.6. The number of carbonyl (C=O) groups is 1. The quantitative estimate of drug-likeness (QED) is 0.504. The van der Waals surface area contributed by atoms with Gasteiger partial charge in [0.1, 0.15) is 17.2 Å². The van der Waals surface area contributed by atoms with Crippen LogP contribution in [0.5, 0.6) is 5.75 Å². The number of carbonyl (C=O) groups excluding carboxylic acids is 1. The molecular weight excluding hydrogens is 482 g/mol. The van der Waals surface area contributed by atoms with Crippen LogP contribution in [0.25, 0.3) is 12.2 Å². The van der Waals surface area contributed by atoms with E-state index in [2.05, 4.69) is 10.5 Å². The lowest BCUT2D eigenvalue weighted by Crippen LogP contribution is -2.41. The number of hydrogen-bond acceptors (Lipinski definition) is 7. The van der Waals surface area contributed by atoms with Gasteiger partial charge in [0.2, 0.25) is 15.9 Å². The standard InChI is InChI=1S/C23H24ClN3O6S/c1-15-22(21(33-26-15)8-6-18-4-3-13-32-18)34(29,30)27-11-9-16(10-12-27)23(28)25-19-14-17(24)5-7-20(19)31-2/h3-8,13-14,16H,9-12H2,1-2H3,(H,25,28). The van der Waals surface area contributed by atoms with E-state index in [1.54, 1.807) is 43.3 Å². The van der Waals surface area contributed by atoms with Crippen molar-refractivity contribution >= 4 is 45.4 Å². The number of nitrogens with one attached hydrogen (secondary N) is 1. The molecule has 1 fully saturated rings. The minimum atomic E-state index is -3.87. The Morgan fingerprint density at radius 3 is 2.71 bits per heavy atom. The van der Waals surface area contributed by atoms with Crippen LogP contribution in [0.3, 0.4) is 0 Å². The summed E-state index contributed by atoms with van der Waals surface area (Å²) in [4.78, 5) is 12.8. The predicted octanol–water partition coefficient (Wildman–Crippen LogP) is 4.45. The maximum atomic E-state index is 13.4. The van der Waals surface area contributed by atoms with Gasteiger partial charge in [-0.05, 0) is 62.2 Å². The second-order valence-corrected chi connectivity index (χ2v) is 10.1. The normalized spacial score (nSPS) is 15.6. The van der Waals surface area contributed by atoms with E-state index in [0.29, 0.717) is 35.1 Å². The van der Waals surface area contributed by atoms with Gasteiger partial charge in [-0.25, -0.2) is 8.42 Å². The number of furan rings is 1. The van der Waals surface area contributed by atoms with E-state index in [4.69, 9.17) is 25.3 Å². The number of ether oxygens (including phenoxy) is 1. The molecule has 0 radical (unpaired) electrons. The first-order chi connectivity index (χ1) is 16.3. The van der Waals surface area contributed by atoms with Crippen LogP contribution < -0.4 is 10.1 Å². The summed E-state index contributed by atoms with van der Waals surface area (Å²) in [6, 6.07) is 8.43. The van der Waals surface area contributed by atoms with Crippen molar-refractivity contribution in [2.75, 3.05) is 25.5 Å². The highest BCUT2D eigenvalue weighted by Gasteiger charge is 2.36. The minimum absolute atomic E-state index is 0.0156. The zero-order valence-corrected chi connectivity index (χ0v) is 20.2. The fourth-order valence-electron chi connectivity index (χ4n) is 3.84. The number of methoxy groups -OCH3 is 1. The monoisotopic (exact) mass is 505 g/mol. The Balaban J connectivity index is 1.45. The summed E-state index contributed by atoms with van der Waals surface area (Å²) in [6.07, 6.45) is 5.39. The van der Waals surface area contributed by atoms with Crippen LogP contribution in [-0.2, 0) is 14.8 Å². The topological polar surface area (TPSA) is 115 Å². The predicted molar refractivity (Wildman–Crippen MR) is 127 cm³/mol. The highest BCUT2D eigenvalue weighted by atomic mass is 35.5. The van der Waals surface area contributed by atoms with Crippen molar-refractivity contribution in [2.45, 2.75) is 24.7 Å². The van der Waals surface area contributed by atoms with Gasteiger partial charge in [0.05, 0.1) is 19.1 Å². The fourth-order valence-corrected chi connectivity index (χ4v) is 5.73. The molecule has 3 aromatic rings. The molecule has 0 unspecified atom stereocenters. The summed E-state index contributed by atoms with van der Waals surface area (Å²) in [5.41, 5.74) is 0.746. The Labute approximate surface area is 202 Å². The van der Waals surface area contributed by atoms with Crippen LogP contribution in [0.1, 0.15) is 30.1 Å². The minimum Gasteiger partial charge on any atom is -0.495 e. The van der Waals surface area contributed by atoms with E-state index in [1.165, 1.54) is 23.8 Å². The lowest BCUT2D eigenvalue weighted by Gasteiger charge is -2.30. The number of rotatable bonds is 7. The van der Waals surface area contributed by atoms with Crippen LogP contribution in [0, 0.1) is 12.8 Å². The lowest BCUT2D eigenvalue weighted by molar-refractivity contribution is -0.120. The first-order valence-corrected chi connectivity index (χ1v) is 12.4. The highest BCUT2D eigenvalue weighted by Crippen LogP contribution is 2.31. The second kappa shape index (κ2) is 10.0. The number of aryl methyl sites for hydroxylation is 1. The number of piperidine rings is 1. The van der Waals surface area contributed by atoms with Gasteiger partial charge in [0.25, 0.3) is 0 Å². The van der Waals surface area contributed by atoms with Crippen molar-refractivity contribution in [1.82, 2.24) is 9.46 Å². The van der Waals surface area contributed by atoms with Crippen LogP contribution in [0.2, 0.25) is 5.02 Å². The number of aromatic nitrogens is 1. The molecule has 9 nitrogen and oxygen atoms in total. The molecule has 0 spiro atoms. The zero-order chi connectivity index (χ0) is 24.3. The number of halogens is 1. The Kier molecular flexibility index (Phi) is 7.11. The maximum absolute atomic E-state index is 13.4. The number of sulfonamides is 1. The molecule has 0 saturated carbocycles. The molecule has 1 N–H and O–H groups in total. The smallest absolute Gasteiger partial charge is 0.248 e. The van der Waals surface area contributed by atoms with E-state index >= 15 is 0 Å². The molecule has 0 bridgehead atoms.